The van der Waals surface area contributed by atoms with E-state index >= 15 is 0 Å². The van der Waals surface area contributed by atoms with Gasteiger partial charge in [0.15, 0.2) is 0 Å². The number of aromatic hydroxyl groups is 1. The van der Waals surface area contributed by atoms with E-state index in [1.165, 1.54) is 10.7 Å². The van der Waals surface area contributed by atoms with E-state index in [4.69, 9.17) is 11.6 Å². The number of nitrogens with zero attached hydrogens (tertiary/aromatic N) is 2. The molecule has 5 nitrogen and oxygen atoms in total. The predicted octanol–water partition coefficient (Wildman–Crippen LogP) is 2.40. The zero-order valence-electron chi connectivity index (χ0n) is 12.2. The third-order valence-corrected chi connectivity index (χ3v) is 3.29. The fraction of sp³-hybridized carbons (Fsp3) is 0.333. The Hall–Kier alpha value is -1.85. The number of halogens is 1. The average molecular weight is 308 g/mol. The molecule has 1 heterocycles. The van der Waals surface area contributed by atoms with Crippen molar-refractivity contribution in [3.05, 3.63) is 50.9 Å². The van der Waals surface area contributed by atoms with E-state index < -0.39 is 0 Å². The molecule has 1 aromatic carbocycles. The van der Waals surface area contributed by atoms with Crippen molar-refractivity contribution in [1.29, 1.82) is 0 Å². The summed E-state index contributed by atoms with van der Waals surface area (Å²) >= 11 is 5.93. The largest absolute Gasteiger partial charge is 0.506 e. The number of rotatable bonds is 4. The van der Waals surface area contributed by atoms with Crippen molar-refractivity contribution in [2.24, 2.45) is 0 Å². The smallest absolute Gasteiger partial charge is 0.275 e. The van der Waals surface area contributed by atoms with Crippen molar-refractivity contribution in [2.45, 2.75) is 33.4 Å². The molecular weight excluding hydrogens is 290 g/mol. The van der Waals surface area contributed by atoms with Gasteiger partial charge in [-0.15, -0.1) is 0 Å². The Balaban J connectivity index is 2.48. The van der Waals surface area contributed by atoms with E-state index in [0.29, 0.717) is 22.9 Å². The topological polar surface area (TPSA) is 67.2 Å². The third kappa shape index (κ3) is 3.62. The van der Waals surface area contributed by atoms with Gasteiger partial charge in [-0.3, -0.25) is 4.79 Å². The van der Waals surface area contributed by atoms with Crippen molar-refractivity contribution in [3.63, 3.8) is 0 Å². The normalized spacial score (nSPS) is 11.1. The molecule has 0 aliphatic carbocycles. The summed E-state index contributed by atoms with van der Waals surface area (Å²) in [6.45, 7) is 6.23. The lowest BCUT2D eigenvalue weighted by atomic mass is 10.2. The summed E-state index contributed by atoms with van der Waals surface area (Å²) < 4.78 is 1.28. The van der Waals surface area contributed by atoms with Crippen LogP contribution in [0.2, 0.25) is 5.02 Å². The molecule has 0 aliphatic heterocycles. The molecule has 21 heavy (non-hydrogen) atoms. The minimum Gasteiger partial charge on any atom is -0.506 e. The summed E-state index contributed by atoms with van der Waals surface area (Å²) in [6, 6.07) is 6.64. The van der Waals surface area contributed by atoms with Gasteiger partial charge in [0.1, 0.15) is 11.4 Å². The maximum Gasteiger partial charge on any atom is 0.275 e. The Kier molecular flexibility index (Phi) is 4.65. The Morgan fingerprint density at radius 3 is 2.71 bits per heavy atom. The molecule has 112 valence electrons. The monoisotopic (exact) mass is 307 g/mol. The molecule has 0 aliphatic rings. The molecule has 0 spiro atoms. The molecule has 6 heteroatoms. The first-order chi connectivity index (χ1) is 9.88. The lowest BCUT2D eigenvalue weighted by molar-refractivity contribution is 0.447. The highest BCUT2D eigenvalue weighted by Gasteiger charge is 2.11. The number of benzene rings is 1. The predicted molar refractivity (Wildman–Crippen MR) is 83.2 cm³/mol. The lowest BCUT2D eigenvalue weighted by Gasteiger charge is -2.13. The molecule has 0 fully saturated rings. The van der Waals surface area contributed by atoms with Gasteiger partial charge in [-0.2, -0.15) is 9.78 Å². The van der Waals surface area contributed by atoms with Gasteiger partial charge >= 0.3 is 0 Å². The van der Waals surface area contributed by atoms with Crippen molar-refractivity contribution in [3.8, 4) is 11.4 Å². The summed E-state index contributed by atoms with van der Waals surface area (Å²) in [5, 5.41) is 17.9. The van der Waals surface area contributed by atoms with E-state index in [-0.39, 0.29) is 17.4 Å². The van der Waals surface area contributed by atoms with Gasteiger partial charge in [-0.05, 0) is 30.7 Å². The van der Waals surface area contributed by atoms with Gasteiger partial charge in [0.05, 0.1) is 5.69 Å². The number of aryl methyl sites for hydroxylation is 1. The van der Waals surface area contributed by atoms with Crippen LogP contribution in [-0.2, 0) is 6.54 Å². The van der Waals surface area contributed by atoms with E-state index in [9.17, 15) is 9.90 Å². The van der Waals surface area contributed by atoms with Crippen LogP contribution < -0.4 is 10.9 Å². The third-order valence-electron chi connectivity index (χ3n) is 3.05. The Bertz CT molecular complexity index is 711. The Morgan fingerprint density at radius 1 is 1.38 bits per heavy atom. The van der Waals surface area contributed by atoms with Crippen LogP contribution in [0.4, 0.5) is 0 Å². The second kappa shape index (κ2) is 6.28. The average Bonchev–Trinajstić information content (AvgIpc) is 2.38. The van der Waals surface area contributed by atoms with Crippen LogP contribution >= 0.6 is 11.6 Å². The highest BCUT2D eigenvalue weighted by atomic mass is 35.5. The molecule has 0 radical (unpaired) electrons. The molecule has 0 saturated carbocycles. The standard InChI is InChI=1S/C15H18ClN3O2/c1-9(2)17-8-12-14(20)7-15(21)19(18-12)13-5-4-11(16)6-10(13)3/h4-7,9,17,20H,8H2,1-3H3. The van der Waals surface area contributed by atoms with Gasteiger partial charge in [0, 0.05) is 23.7 Å². The highest BCUT2D eigenvalue weighted by Crippen LogP contribution is 2.18. The van der Waals surface area contributed by atoms with Gasteiger partial charge in [0.2, 0.25) is 0 Å². The SMILES string of the molecule is Cc1cc(Cl)ccc1-n1nc(CNC(C)C)c(O)cc1=O. The molecule has 1 aromatic heterocycles. The second-order valence-electron chi connectivity index (χ2n) is 5.19. The van der Waals surface area contributed by atoms with Crippen molar-refractivity contribution >= 4 is 11.6 Å². The van der Waals surface area contributed by atoms with Crippen LogP contribution in [0.3, 0.4) is 0 Å². The number of hydrogen-bond donors (Lipinski definition) is 2. The lowest BCUT2D eigenvalue weighted by Crippen LogP contribution is -2.27. The molecular formula is C15H18ClN3O2. The molecule has 2 aromatic rings. The summed E-state index contributed by atoms with van der Waals surface area (Å²) in [4.78, 5) is 12.1. The Morgan fingerprint density at radius 2 is 2.10 bits per heavy atom. The Labute approximate surface area is 128 Å². The summed E-state index contributed by atoms with van der Waals surface area (Å²) in [5.74, 6) is -0.101. The molecule has 0 saturated heterocycles. The minimum absolute atomic E-state index is 0.101. The van der Waals surface area contributed by atoms with E-state index in [1.807, 2.05) is 20.8 Å². The summed E-state index contributed by atoms with van der Waals surface area (Å²) in [6.07, 6.45) is 0. The molecule has 0 unspecified atom stereocenters. The van der Waals surface area contributed by atoms with Crippen molar-refractivity contribution in [1.82, 2.24) is 15.1 Å². The van der Waals surface area contributed by atoms with Crippen LogP contribution in [0.25, 0.3) is 5.69 Å². The van der Waals surface area contributed by atoms with Crippen LogP contribution in [0, 0.1) is 6.92 Å². The maximum absolute atomic E-state index is 12.1. The zero-order chi connectivity index (χ0) is 15.6. The van der Waals surface area contributed by atoms with E-state index in [2.05, 4.69) is 10.4 Å². The second-order valence-corrected chi connectivity index (χ2v) is 5.63. The van der Waals surface area contributed by atoms with E-state index in [0.717, 1.165) is 5.56 Å². The quantitative estimate of drug-likeness (QED) is 0.910. The van der Waals surface area contributed by atoms with Gasteiger partial charge in [0.25, 0.3) is 5.56 Å². The fourth-order valence-corrected chi connectivity index (χ4v) is 2.17. The first kappa shape index (κ1) is 15.5. The molecule has 0 atom stereocenters. The highest BCUT2D eigenvalue weighted by molar-refractivity contribution is 6.30. The number of hydrogen-bond acceptors (Lipinski definition) is 4. The zero-order valence-corrected chi connectivity index (χ0v) is 13.0. The van der Waals surface area contributed by atoms with Crippen LogP contribution in [-0.4, -0.2) is 20.9 Å². The summed E-state index contributed by atoms with van der Waals surface area (Å²) in [5.41, 5.74) is 1.53. The van der Waals surface area contributed by atoms with Crippen LogP contribution in [0.5, 0.6) is 5.75 Å². The first-order valence-electron chi connectivity index (χ1n) is 6.70. The maximum atomic E-state index is 12.1. The van der Waals surface area contributed by atoms with Gasteiger partial charge in [-0.25, -0.2) is 0 Å². The fourth-order valence-electron chi connectivity index (χ4n) is 1.94. The number of aromatic nitrogens is 2. The molecule has 0 amide bonds. The van der Waals surface area contributed by atoms with Gasteiger partial charge in [-0.1, -0.05) is 25.4 Å². The molecule has 2 rings (SSSR count). The van der Waals surface area contributed by atoms with Crippen molar-refractivity contribution in [2.75, 3.05) is 0 Å². The minimum atomic E-state index is -0.383. The van der Waals surface area contributed by atoms with Gasteiger partial charge < -0.3 is 10.4 Å². The van der Waals surface area contributed by atoms with E-state index in [1.54, 1.807) is 18.2 Å². The molecule has 0 bridgehead atoms. The summed E-state index contributed by atoms with van der Waals surface area (Å²) in [7, 11) is 0. The molecule has 2 N–H and O–H groups in total. The number of nitrogens with one attached hydrogen (secondary N) is 1. The van der Waals surface area contributed by atoms with Crippen molar-refractivity contribution < 1.29 is 5.11 Å². The first-order valence-corrected chi connectivity index (χ1v) is 7.08. The van der Waals surface area contributed by atoms with Crippen LogP contribution in [0.1, 0.15) is 25.1 Å². The van der Waals surface area contributed by atoms with Crippen LogP contribution in [0.15, 0.2) is 29.1 Å².